The minimum atomic E-state index is -0.501. The molecule has 1 aromatic heterocycles. The predicted octanol–water partition coefficient (Wildman–Crippen LogP) is 1.37. The highest BCUT2D eigenvalue weighted by Crippen LogP contribution is 2.37. The molecule has 128 valence electrons. The molecule has 1 aliphatic carbocycles. The zero-order valence-corrected chi connectivity index (χ0v) is 14.4. The summed E-state index contributed by atoms with van der Waals surface area (Å²) in [7, 11) is 0. The van der Waals surface area contributed by atoms with E-state index in [1.807, 2.05) is 26.0 Å². The van der Waals surface area contributed by atoms with Gasteiger partial charge in [-0.1, -0.05) is 19.9 Å². The highest BCUT2D eigenvalue weighted by molar-refractivity contribution is 6.23. The highest BCUT2D eigenvalue weighted by Gasteiger charge is 2.43. The average molecular weight is 336 g/mol. The van der Waals surface area contributed by atoms with E-state index < -0.39 is 6.04 Å². The zero-order valence-electron chi connectivity index (χ0n) is 14.4. The first kappa shape index (κ1) is 15.8. The molecule has 6 heteroatoms. The van der Waals surface area contributed by atoms with Gasteiger partial charge >= 0.3 is 0 Å². The van der Waals surface area contributed by atoms with E-state index in [1.54, 1.807) is 16.0 Å². The van der Waals surface area contributed by atoms with Crippen molar-refractivity contribution in [3.63, 3.8) is 0 Å². The van der Waals surface area contributed by atoms with E-state index in [0.29, 0.717) is 31.6 Å². The Morgan fingerprint density at radius 1 is 1.40 bits per heavy atom. The molecule has 1 saturated heterocycles. The first-order chi connectivity index (χ1) is 12.0. The van der Waals surface area contributed by atoms with E-state index in [-0.39, 0.29) is 23.7 Å². The molecule has 0 aromatic carbocycles. The maximum Gasteiger partial charge on any atom is 0.255 e. The Morgan fingerprint density at radius 2 is 2.16 bits per heavy atom. The van der Waals surface area contributed by atoms with Gasteiger partial charge in [-0.25, -0.2) is 0 Å². The first-order valence-electron chi connectivity index (χ1n) is 8.68. The molecule has 0 unspecified atom stereocenters. The summed E-state index contributed by atoms with van der Waals surface area (Å²) in [5.74, 6) is -0.210. The summed E-state index contributed by atoms with van der Waals surface area (Å²) in [4.78, 5) is 33.8. The van der Waals surface area contributed by atoms with Gasteiger partial charge in [-0.05, 0) is 17.5 Å². The van der Waals surface area contributed by atoms with Crippen LogP contribution in [0, 0.1) is 23.2 Å². The molecule has 0 bridgehead atoms. The molecule has 0 N–H and O–H groups in total. The lowest BCUT2D eigenvalue weighted by Gasteiger charge is -2.43. The number of carbonyl (C=O) groups is 2. The summed E-state index contributed by atoms with van der Waals surface area (Å²) in [5.41, 5.74) is 3.66. The van der Waals surface area contributed by atoms with Crippen molar-refractivity contribution in [2.45, 2.75) is 32.9 Å². The fourth-order valence-corrected chi connectivity index (χ4v) is 4.00. The van der Waals surface area contributed by atoms with Gasteiger partial charge in [0, 0.05) is 43.4 Å². The Bertz CT molecular complexity index is 830. The van der Waals surface area contributed by atoms with Crippen molar-refractivity contribution in [3.8, 4) is 6.07 Å². The van der Waals surface area contributed by atoms with Crippen molar-refractivity contribution in [1.29, 1.82) is 5.26 Å². The standard InChI is InChI=1S/C19H20N4O2/c1-11(2)17(19(25)22-8-12(7-20)9-22)23-10-13-5-6-21-15-4-3-14(16(13)15)18(23)24/h3,5-6,11-12,17H,4,8-10H2,1-2H3/t17-/m1/s1. The minimum absolute atomic E-state index is 0.00227. The molecule has 25 heavy (non-hydrogen) atoms. The van der Waals surface area contributed by atoms with Gasteiger partial charge in [0.1, 0.15) is 6.04 Å². The second kappa shape index (κ2) is 5.69. The molecule has 2 amide bonds. The van der Waals surface area contributed by atoms with Crippen LogP contribution in [-0.4, -0.2) is 45.7 Å². The number of likely N-dealkylation sites (tertiary alicyclic amines) is 1. The molecule has 3 heterocycles. The number of hydrogen-bond donors (Lipinski definition) is 0. The maximum atomic E-state index is 13.1. The molecule has 0 spiro atoms. The molecule has 4 rings (SSSR count). The van der Waals surface area contributed by atoms with E-state index in [4.69, 9.17) is 5.26 Å². The van der Waals surface area contributed by atoms with Crippen LogP contribution in [0.25, 0.3) is 5.57 Å². The normalized spacial score (nSPS) is 20.1. The van der Waals surface area contributed by atoms with Crippen molar-refractivity contribution < 1.29 is 9.59 Å². The first-order valence-corrected chi connectivity index (χ1v) is 8.68. The van der Waals surface area contributed by atoms with Crippen LogP contribution in [0.2, 0.25) is 0 Å². The van der Waals surface area contributed by atoms with E-state index in [1.165, 1.54) is 0 Å². The number of rotatable bonds is 3. The summed E-state index contributed by atoms with van der Waals surface area (Å²) in [5, 5.41) is 8.94. The SMILES string of the molecule is CC(C)[C@H](C(=O)N1CC(C#N)C1)N1Cc2ccnc3c2C(=CC3)C1=O. The smallest absolute Gasteiger partial charge is 0.255 e. The number of amides is 2. The van der Waals surface area contributed by atoms with Crippen molar-refractivity contribution in [1.82, 2.24) is 14.8 Å². The van der Waals surface area contributed by atoms with Gasteiger partial charge in [0.15, 0.2) is 0 Å². The lowest BCUT2D eigenvalue weighted by molar-refractivity contribution is -0.149. The van der Waals surface area contributed by atoms with Crippen LogP contribution in [-0.2, 0) is 22.6 Å². The molecular formula is C19H20N4O2. The molecule has 1 atom stereocenters. The number of nitriles is 1. The van der Waals surface area contributed by atoms with Crippen LogP contribution in [0.5, 0.6) is 0 Å². The number of allylic oxidation sites excluding steroid dienone is 1. The van der Waals surface area contributed by atoms with Crippen molar-refractivity contribution in [3.05, 3.63) is 35.2 Å². The highest BCUT2D eigenvalue weighted by atomic mass is 16.2. The van der Waals surface area contributed by atoms with Crippen LogP contribution in [0.3, 0.4) is 0 Å². The summed E-state index contributed by atoms with van der Waals surface area (Å²) < 4.78 is 0. The van der Waals surface area contributed by atoms with Crippen LogP contribution in [0.4, 0.5) is 0 Å². The van der Waals surface area contributed by atoms with E-state index in [0.717, 1.165) is 16.8 Å². The number of pyridine rings is 1. The quantitative estimate of drug-likeness (QED) is 0.835. The number of aromatic nitrogens is 1. The van der Waals surface area contributed by atoms with Crippen LogP contribution in [0.1, 0.15) is 30.7 Å². The second-order valence-corrected chi connectivity index (χ2v) is 7.30. The third kappa shape index (κ3) is 2.34. The van der Waals surface area contributed by atoms with Crippen molar-refractivity contribution >= 4 is 17.4 Å². The minimum Gasteiger partial charge on any atom is -0.338 e. The predicted molar refractivity (Wildman–Crippen MR) is 90.8 cm³/mol. The Labute approximate surface area is 146 Å². The van der Waals surface area contributed by atoms with Crippen molar-refractivity contribution in [2.75, 3.05) is 13.1 Å². The van der Waals surface area contributed by atoms with Gasteiger partial charge in [-0.2, -0.15) is 5.26 Å². The molecule has 1 aromatic rings. The second-order valence-electron chi connectivity index (χ2n) is 7.30. The molecule has 0 radical (unpaired) electrons. The van der Waals surface area contributed by atoms with Crippen LogP contribution in [0.15, 0.2) is 18.3 Å². The maximum absolute atomic E-state index is 13.1. The van der Waals surface area contributed by atoms with Gasteiger partial charge < -0.3 is 9.80 Å². The molecule has 3 aliphatic rings. The third-order valence-electron chi connectivity index (χ3n) is 5.31. The van der Waals surface area contributed by atoms with Gasteiger partial charge in [-0.15, -0.1) is 0 Å². The molecular weight excluding hydrogens is 316 g/mol. The number of nitrogens with zero attached hydrogens (tertiary/aromatic N) is 4. The van der Waals surface area contributed by atoms with Crippen molar-refractivity contribution in [2.24, 2.45) is 11.8 Å². The van der Waals surface area contributed by atoms with E-state index in [9.17, 15) is 9.59 Å². The Morgan fingerprint density at radius 3 is 2.84 bits per heavy atom. The van der Waals surface area contributed by atoms with E-state index >= 15 is 0 Å². The van der Waals surface area contributed by atoms with Gasteiger partial charge in [-0.3, -0.25) is 14.6 Å². The Hall–Kier alpha value is -2.68. The van der Waals surface area contributed by atoms with Crippen LogP contribution >= 0.6 is 0 Å². The fraction of sp³-hybridized carbons (Fsp3) is 0.474. The summed E-state index contributed by atoms with van der Waals surface area (Å²) in [6, 6.07) is 3.63. The monoisotopic (exact) mass is 336 g/mol. The lowest BCUT2D eigenvalue weighted by atomic mass is 9.91. The molecule has 0 saturated carbocycles. The molecule has 1 fully saturated rings. The fourth-order valence-electron chi connectivity index (χ4n) is 4.00. The number of hydrogen-bond acceptors (Lipinski definition) is 4. The Balaban J connectivity index is 1.65. The molecule has 2 aliphatic heterocycles. The van der Waals surface area contributed by atoms with Gasteiger partial charge in [0.2, 0.25) is 5.91 Å². The third-order valence-corrected chi connectivity index (χ3v) is 5.31. The Kier molecular flexibility index (Phi) is 3.60. The largest absolute Gasteiger partial charge is 0.338 e. The van der Waals surface area contributed by atoms with Gasteiger partial charge in [0.25, 0.3) is 5.91 Å². The topological polar surface area (TPSA) is 77.3 Å². The summed E-state index contributed by atoms with van der Waals surface area (Å²) >= 11 is 0. The summed E-state index contributed by atoms with van der Waals surface area (Å²) in [6.45, 7) is 5.30. The average Bonchev–Trinajstić information content (AvgIpc) is 2.97. The lowest BCUT2D eigenvalue weighted by Crippen LogP contribution is -2.59. The molecule has 6 nitrogen and oxygen atoms in total. The number of carbonyl (C=O) groups excluding carboxylic acids is 2. The van der Waals surface area contributed by atoms with E-state index in [2.05, 4.69) is 11.1 Å². The van der Waals surface area contributed by atoms with Gasteiger partial charge in [0.05, 0.1) is 17.7 Å². The summed E-state index contributed by atoms with van der Waals surface area (Å²) in [6.07, 6.45) is 4.37. The van der Waals surface area contributed by atoms with Crippen LogP contribution < -0.4 is 0 Å². The zero-order chi connectivity index (χ0) is 17.7.